The molecule has 6 nitrogen and oxygen atoms in total. The van der Waals surface area contributed by atoms with Gasteiger partial charge in [-0.15, -0.1) is 0 Å². The molecule has 3 heterocycles. The zero-order chi connectivity index (χ0) is 15.4. The van der Waals surface area contributed by atoms with Crippen LogP contribution >= 0.6 is 11.6 Å². The molecule has 7 heteroatoms. The molecule has 0 saturated carbocycles. The molecule has 2 aromatic heterocycles. The van der Waals surface area contributed by atoms with Crippen molar-refractivity contribution in [3.8, 4) is 0 Å². The number of hydrogen-bond donors (Lipinski definition) is 1. The minimum Gasteiger partial charge on any atom is -0.310 e. The van der Waals surface area contributed by atoms with Gasteiger partial charge in [-0.2, -0.15) is 5.10 Å². The summed E-state index contributed by atoms with van der Waals surface area (Å²) in [7, 11) is 0. The maximum absolute atomic E-state index is 12.2. The van der Waals surface area contributed by atoms with E-state index < -0.39 is 0 Å². The lowest BCUT2D eigenvalue weighted by atomic mass is 10.2. The highest BCUT2D eigenvalue weighted by Crippen LogP contribution is 2.18. The zero-order valence-corrected chi connectivity index (χ0v) is 12.9. The maximum Gasteiger partial charge on any atom is 0.239 e. The van der Waals surface area contributed by atoms with Crippen molar-refractivity contribution in [1.29, 1.82) is 0 Å². The Kier molecular flexibility index (Phi) is 4.70. The van der Waals surface area contributed by atoms with Crippen LogP contribution in [0.25, 0.3) is 0 Å². The van der Waals surface area contributed by atoms with E-state index in [1.807, 2.05) is 16.9 Å². The van der Waals surface area contributed by atoms with E-state index in [9.17, 15) is 4.79 Å². The van der Waals surface area contributed by atoms with E-state index in [1.54, 1.807) is 18.3 Å². The number of anilines is 1. The maximum atomic E-state index is 12.2. The van der Waals surface area contributed by atoms with E-state index in [0.717, 1.165) is 25.9 Å². The van der Waals surface area contributed by atoms with E-state index in [2.05, 4.69) is 20.3 Å². The lowest BCUT2D eigenvalue weighted by Gasteiger charge is -2.23. The Labute approximate surface area is 134 Å². The highest BCUT2D eigenvalue weighted by Gasteiger charge is 2.26. The highest BCUT2D eigenvalue weighted by molar-refractivity contribution is 6.30. The van der Waals surface area contributed by atoms with Crippen LogP contribution in [0.5, 0.6) is 0 Å². The molecule has 1 fully saturated rings. The van der Waals surface area contributed by atoms with Gasteiger partial charge in [-0.25, -0.2) is 4.98 Å². The number of rotatable bonds is 5. The second kappa shape index (κ2) is 6.89. The van der Waals surface area contributed by atoms with Crippen LogP contribution in [0.3, 0.4) is 0 Å². The van der Waals surface area contributed by atoms with E-state index in [4.69, 9.17) is 11.6 Å². The Hall–Kier alpha value is -1.92. The summed E-state index contributed by atoms with van der Waals surface area (Å²) in [5.41, 5.74) is 0. The van der Waals surface area contributed by atoms with Crippen LogP contribution in [0.2, 0.25) is 5.02 Å². The predicted molar refractivity (Wildman–Crippen MR) is 84.7 cm³/mol. The molecule has 1 aliphatic rings. The number of amides is 1. The number of likely N-dealkylation sites (tertiary alicyclic amines) is 1. The molecule has 1 atom stereocenters. The number of aromatic nitrogens is 3. The number of nitrogens with zero attached hydrogens (tertiary/aromatic N) is 4. The average Bonchev–Trinajstić information content (AvgIpc) is 3.15. The summed E-state index contributed by atoms with van der Waals surface area (Å²) in [5.74, 6) is 0.472. The topological polar surface area (TPSA) is 63.1 Å². The van der Waals surface area contributed by atoms with Gasteiger partial charge in [0.05, 0.1) is 18.1 Å². The van der Waals surface area contributed by atoms with Crippen LogP contribution in [0.1, 0.15) is 12.8 Å². The molecule has 1 saturated heterocycles. The van der Waals surface area contributed by atoms with Gasteiger partial charge in [0.15, 0.2) is 0 Å². The molecule has 2 aromatic rings. The molecule has 1 N–H and O–H groups in total. The van der Waals surface area contributed by atoms with Crippen molar-refractivity contribution in [3.05, 3.63) is 41.8 Å². The quantitative estimate of drug-likeness (QED) is 0.916. The molecule has 0 aliphatic carbocycles. The van der Waals surface area contributed by atoms with E-state index in [1.165, 1.54) is 6.20 Å². The molecule has 22 heavy (non-hydrogen) atoms. The predicted octanol–water partition coefficient (Wildman–Crippen LogP) is 2.03. The summed E-state index contributed by atoms with van der Waals surface area (Å²) >= 11 is 5.78. The molecule has 0 spiro atoms. The van der Waals surface area contributed by atoms with Crippen molar-refractivity contribution in [2.24, 2.45) is 0 Å². The molecule has 1 aliphatic heterocycles. The molecule has 0 unspecified atom stereocenters. The lowest BCUT2D eigenvalue weighted by Crippen LogP contribution is -2.39. The first kappa shape index (κ1) is 15.0. The third-order valence-electron chi connectivity index (χ3n) is 3.80. The van der Waals surface area contributed by atoms with E-state index in [0.29, 0.717) is 23.4 Å². The van der Waals surface area contributed by atoms with Crippen molar-refractivity contribution in [1.82, 2.24) is 19.7 Å². The summed E-state index contributed by atoms with van der Waals surface area (Å²) in [6.45, 7) is 2.13. The van der Waals surface area contributed by atoms with E-state index >= 15 is 0 Å². The summed E-state index contributed by atoms with van der Waals surface area (Å²) < 4.78 is 1.92. The third kappa shape index (κ3) is 3.84. The van der Waals surface area contributed by atoms with Gasteiger partial charge < -0.3 is 5.32 Å². The molecular weight excluding hydrogens is 302 g/mol. The van der Waals surface area contributed by atoms with Crippen molar-refractivity contribution in [2.45, 2.75) is 25.4 Å². The fourth-order valence-corrected chi connectivity index (χ4v) is 2.86. The van der Waals surface area contributed by atoms with Gasteiger partial charge >= 0.3 is 0 Å². The van der Waals surface area contributed by atoms with Gasteiger partial charge in [0.25, 0.3) is 0 Å². The van der Waals surface area contributed by atoms with Crippen molar-refractivity contribution in [2.75, 3.05) is 18.4 Å². The number of hydrogen-bond acceptors (Lipinski definition) is 4. The molecular formula is C15H18ClN5O. The largest absolute Gasteiger partial charge is 0.310 e. The Balaban J connectivity index is 1.54. The number of carbonyl (C=O) groups is 1. The summed E-state index contributed by atoms with van der Waals surface area (Å²) in [6.07, 6.45) is 7.45. The molecule has 0 radical (unpaired) electrons. The Morgan fingerprint density at radius 1 is 1.45 bits per heavy atom. The molecule has 116 valence electrons. The van der Waals surface area contributed by atoms with Crippen LogP contribution in [-0.4, -0.2) is 44.7 Å². The lowest BCUT2D eigenvalue weighted by molar-refractivity contribution is -0.117. The van der Waals surface area contributed by atoms with Crippen LogP contribution in [0.4, 0.5) is 5.82 Å². The zero-order valence-electron chi connectivity index (χ0n) is 12.2. The van der Waals surface area contributed by atoms with Crippen LogP contribution in [-0.2, 0) is 11.3 Å². The van der Waals surface area contributed by atoms with Gasteiger partial charge in [0.1, 0.15) is 5.82 Å². The fraction of sp³-hybridized carbons (Fsp3) is 0.400. The number of carbonyl (C=O) groups excluding carboxylic acids is 1. The fourth-order valence-electron chi connectivity index (χ4n) is 2.75. The minimum absolute atomic E-state index is 0.0535. The molecule has 3 rings (SSSR count). The van der Waals surface area contributed by atoms with Crippen LogP contribution in [0, 0.1) is 0 Å². The average molecular weight is 320 g/mol. The monoisotopic (exact) mass is 319 g/mol. The standard InChI is InChI=1S/C15H18ClN5O/c16-12-4-5-14(17-9-12)19-15(22)11-20-7-1-3-13(20)10-21-8-2-6-18-21/h2,4-6,8-9,13H,1,3,7,10-11H2,(H,17,19,22)/t13-/m0/s1. The first-order valence-corrected chi connectivity index (χ1v) is 7.71. The number of halogens is 1. The summed E-state index contributed by atoms with van der Waals surface area (Å²) in [6, 6.07) is 5.67. The first-order valence-electron chi connectivity index (χ1n) is 7.33. The van der Waals surface area contributed by atoms with Gasteiger partial charge in [-0.05, 0) is 37.6 Å². The Morgan fingerprint density at radius 3 is 3.09 bits per heavy atom. The number of nitrogens with one attached hydrogen (secondary N) is 1. The third-order valence-corrected chi connectivity index (χ3v) is 4.02. The van der Waals surface area contributed by atoms with Gasteiger partial charge in [0, 0.05) is 24.6 Å². The van der Waals surface area contributed by atoms with Crippen LogP contribution < -0.4 is 5.32 Å². The summed E-state index contributed by atoms with van der Waals surface area (Å²) in [5, 5.41) is 7.59. The van der Waals surface area contributed by atoms with E-state index in [-0.39, 0.29) is 5.91 Å². The van der Waals surface area contributed by atoms with Crippen molar-refractivity contribution >= 4 is 23.3 Å². The van der Waals surface area contributed by atoms with Gasteiger partial charge in [-0.1, -0.05) is 11.6 Å². The normalized spacial score (nSPS) is 18.5. The second-order valence-corrected chi connectivity index (χ2v) is 5.84. The number of pyridine rings is 1. The molecule has 1 amide bonds. The SMILES string of the molecule is O=C(CN1CCC[C@H]1Cn1cccn1)Nc1ccc(Cl)cn1. The van der Waals surface area contributed by atoms with Gasteiger partial charge in [0.2, 0.25) is 5.91 Å². The van der Waals surface area contributed by atoms with Crippen molar-refractivity contribution in [3.63, 3.8) is 0 Å². The van der Waals surface area contributed by atoms with Crippen molar-refractivity contribution < 1.29 is 4.79 Å². The Bertz CT molecular complexity index is 613. The van der Waals surface area contributed by atoms with Gasteiger partial charge in [-0.3, -0.25) is 14.4 Å². The second-order valence-electron chi connectivity index (χ2n) is 5.40. The molecule has 0 bridgehead atoms. The first-order chi connectivity index (χ1) is 10.7. The van der Waals surface area contributed by atoms with Crippen LogP contribution in [0.15, 0.2) is 36.8 Å². The summed E-state index contributed by atoms with van der Waals surface area (Å²) in [4.78, 5) is 18.4. The highest BCUT2D eigenvalue weighted by atomic mass is 35.5. The molecule has 0 aromatic carbocycles. The minimum atomic E-state index is -0.0535. The smallest absolute Gasteiger partial charge is 0.239 e. The Morgan fingerprint density at radius 2 is 2.36 bits per heavy atom.